The predicted octanol–water partition coefficient (Wildman–Crippen LogP) is 4.14. The summed E-state index contributed by atoms with van der Waals surface area (Å²) in [4.78, 5) is 10.0. The first kappa shape index (κ1) is 22.9. The van der Waals surface area contributed by atoms with E-state index in [1.165, 1.54) is 0 Å². The zero-order valence-electron chi connectivity index (χ0n) is 15.7. The molecule has 0 aliphatic rings. The summed E-state index contributed by atoms with van der Waals surface area (Å²) in [5, 5.41) is 8.50. The number of nitrogens with one attached hydrogen (secondary N) is 2. The lowest BCUT2D eigenvalue weighted by Gasteiger charge is -2.11. The fourth-order valence-electron chi connectivity index (χ4n) is 2.06. The molecule has 0 fully saturated rings. The molecule has 0 saturated heterocycles. The molecule has 6 nitrogen and oxygen atoms in total. The van der Waals surface area contributed by atoms with Crippen LogP contribution < -0.4 is 10.6 Å². The maximum absolute atomic E-state index is 5.61. The summed E-state index contributed by atoms with van der Waals surface area (Å²) in [6.07, 6.45) is 2.75. The first-order chi connectivity index (χ1) is 12.2. The minimum absolute atomic E-state index is 0. The van der Waals surface area contributed by atoms with Crippen molar-refractivity contribution in [3.05, 3.63) is 29.5 Å². The van der Waals surface area contributed by atoms with E-state index in [1.54, 1.807) is 17.6 Å². The van der Waals surface area contributed by atoms with Gasteiger partial charge in [0, 0.05) is 19.7 Å². The molecule has 0 atom stereocenters. The molecule has 2 N–H and O–H groups in total. The molecule has 0 unspecified atom stereocenters. The number of aliphatic imine (C=N–C) groups is 1. The summed E-state index contributed by atoms with van der Waals surface area (Å²) in [6, 6.07) is 3.98. The Morgan fingerprint density at radius 1 is 1.35 bits per heavy atom. The molecule has 0 bridgehead atoms. The standard InChI is InChI=1S/C18H28N4O2S.HI/c1-4-19-18(20-8-10-23-9-7-14(2)3)21-12-15-13-24-17(22-15)16-6-5-11-25-16;/h5-6,11,13-14H,4,7-10,12H2,1-3H3,(H2,19,20,21);1H. The summed E-state index contributed by atoms with van der Waals surface area (Å²) < 4.78 is 11.1. The Bertz CT molecular complexity index is 629. The van der Waals surface area contributed by atoms with Gasteiger partial charge in [0.05, 0.1) is 18.0 Å². The van der Waals surface area contributed by atoms with Crippen LogP contribution in [0.2, 0.25) is 0 Å². The molecule has 0 aliphatic heterocycles. The van der Waals surface area contributed by atoms with Crippen LogP contribution in [0.1, 0.15) is 32.9 Å². The van der Waals surface area contributed by atoms with Crippen LogP contribution in [0.4, 0.5) is 0 Å². The van der Waals surface area contributed by atoms with E-state index in [1.807, 2.05) is 24.4 Å². The molecule has 146 valence electrons. The van der Waals surface area contributed by atoms with Crippen LogP contribution >= 0.6 is 35.3 Å². The number of thiophene rings is 1. The topological polar surface area (TPSA) is 71.7 Å². The molecule has 0 aromatic carbocycles. The Morgan fingerprint density at radius 3 is 2.88 bits per heavy atom. The number of guanidine groups is 1. The number of halogens is 1. The molecule has 2 rings (SSSR count). The van der Waals surface area contributed by atoms with E-state index in [0.29, 0.717) is 25.0 Å². The zero-order chi connectivity index (χ0) is 17.9. The Labute approximate surface area is 176 Å². The maximum Gasteiger partial charge on any atom is 0.236 e. The molecule has 2 aromatic rings. The van der Waals surface area contributed by atoms with Crippen molar-refractivity contribution in [3.8, 4) is 10.8 Å². The van der Waals surface area contributed by atoms with Gasteiger partial charge in [0.15, 0.2) is 5.96 Å². The van der Waals surface area contributed by atoms with E-state index in [4.69, 9.17) is 9.15 Å². The third-order valence-corrected chi connectivity index (χ3v) is 4.26. The Kier molecular flexibility index (Phi) is 11.5. The molecule has 0 saturated carbocycles. The molecule has 26 heavy (non-hydrogen) atoms. The minimum atomic E-state index is 0. The van der Waals surface area contributed by atoms with Crippen molar-refractivity contribution in [2.45, 2.75) is 33.7 Å². The van der Waals surface area contributed by atoms with Gasteiger partial charge in [-0.1, -0.05) is 19.9 Å². The molecule has 8 heteroatoms. The summed E-state index contributed by atoms with van der Waals surface area (Å²) >= 11 is 1.61. The lowest BCUT2D eigenvalue weighted by Crippen LogP contribution is -2.39. The Morgan fingerprint density at radius 2 is 2.19 bits per heavy atom. The third kappa shape index (κ3) is 8.50. The number of rotatable bonds is 10. The van der Waals surface area contributed by atoms with E-state index in [2.05, 4.69) is 34.5 Å². The van der Waals surface area contributed by atoms with Crippen LogP contribution in [-0.4, -0.2) is 37.2 Å². The van der Waals surface area contributed by atoms with Crippen molar-refractivity contribution in [2.75, 3.05) is 26.3 Å². The van der Waals surface area contributed by atoms with Crippen molar-refractivity contribution in [2.24, 2.45) is 10.9 Å². The minimum Gasteiger partial charge on any atom is -0.443 e. The smallest absolute Gasteiger partial charge is 0.236 e. The van der Waals surface area contributed by atoms with Gasteiger partial charge in [0.25, 0.3) is 0 Å². The molecule has 0 radical (unpaired) electrons. The quantitative estimate of drug-likeness (QED) is 0.226. The largest absolute Gasteiger partial charge is 0.443 e. The van der Waals surface area contributed by atoms with Crippen LogP contribution in [0.3, 0.4) is 0 Å². The van der Waals surface area contributed by atoms with E-state index < -0.39 is 0 Å². The fraction of sp³-hybridized carbons (Fsp3) is 0.556. The number of hydrogen-bond acceptors (Lipinski definition) is 5. The average molecular weight is 492 g/mol. The second kappa shape index (κ2) is 13.1. The lowest BCUT2D eigenvalue weighted by molar-refractivity contribution is 0.128. The van der Waals surface area contributed by atoms with Crippen molar-refractivity contribution in [3.63, 3.8) is 0 Å². The van der Waals surface area contributed by atoms with Gasteiger partial charge in [0.1, 0.15) is 12.0 Å². The average Bonchev–Trinajstić information content (AvgIpc) is 3.26. The van der Waals surface area contributed by atoms with Crippen molar-refractivity contribution in [1.29, 1.82) is 0 Å². The summed E-state index contributed by atoms with van der Waals surface area (Å²) in [6.45, 7) is 9.92. The van der Waals surface area contributed by atoms with E-state index in [0.717, 1.165) is 42.6 Å². The molecule has 2 aromatic heterocycles. The normalized spacial score (nSPS) is 11.5. The lowest BCUT2D eigenvalue weighted by atomic mass is 10.1. The maximum atomic E-state index is 5.61. The monoisotopic (exact) mass is 492 g/mol. The Hall–Kier alpha value is -1.13. The van der Waals surface area contributed by atoms with Gasteiger partial charge < -0.3 is 19.8 Å². The van der Waals surface area contributed by atoms with Crippen LogP contribution in [0, 0.1) is 5.92 Å². The Balaban J connectivity index is 0.00000338. The number of ether oxygens (including phenoxy) is 1. The van der Waals surface area contributed by atoms with E-state index in [-0.39, 0.29) is 24.0 Å². The van der Waals surface area contributed by atoms with Crippen molar-refractivity contribution >= 4 is 41.3 Å². The highest BCUT2D eigenvalue weighted by Crippen LogP contribution is 2.23. The van der Waals surface area contributed by atoms with Crippen LogP contribution in [0.5, 0.6) is 0 Å². The second-order valence-corrected chi connectivity index (χ2v) is 6.99. The molecular weight excluding hydrogens is 463 g/mol. The van der Waals surface area contributed by atoms with Crippen molar-refractivity contribution in [1.82, 2.24) is 15.6 Å². The first-order valence-corrected chi connectivity index (χ1v) is 9.65. The van der Waals surface area contributed by atoms with Gasteiger partial charge in [-0.15, -0.1) is 35.3 Å². The highest BCUT2D eigenvalue weighted by Gasteiger charge is 2.07. The summed E-state index contributed by atoms with van der Waals surface area (Å²) in [7, 11) is 0. The van der Waals surface area contributed by atoms with Gasteiger partial charge in [-0.25, -0.2) is 9.98 Å². The van der Waals surface area contributed by atoms with E-state index >= 15 is 0 Å². The highest BCUT2D eigenvalue weighted by molar-refractivity contribution is 14.0. The van der Waals surface area contributed by atoms with Gasteiger partial charge in [-0.3, -0.25) is 0 Å². The highest BCUT2D eigenvalue weighted by atomic mass is 127. The third-order valence-electron chi connectivity index (χ3n) is 3.41. The van der Waals surface area contributed by atoms with Gasteiger partial charge in [-0.2, -0.15) is 0 Å². The van der Waals surface area contributed by atoms with Crippen LogP contribution in [0.25, 0.3) is 10.8 Å². The van der Waals surface area contributed by atoms with Gasteiger partial charge >= 0.3 is 0 Å². The van der Waals surface area contributed by atoms with Gasteiger partial charge in [-0.05, 0) is 30.7 Å². The summed E-state index contributed by atoms with van der Waals surface area (Å²) in [5.74, 6) is 2.08. The molecular formula is C18H29IN4O2S. The molecule has 2 heterocycles. The molecule has 0 spiro atoms. The molecule has 0 aliphatic carbocycles. The fourth-order valence-corrected chi connectivity index (χ4v) is 2.71. The van der Waals surface area contributed by atoms with Gasteiger partial charge in [0.2, 0.25) is 5.89 Å². The second-order valence-electron chi connectivity index (χ2n) is 6.04. The van der Waals surface area contributed by atoms with E-state index in [9.17, 15) is 0 Å². The first-order valence-electron chi connectivity index (χ1n) is 8.77. The number of nitrogens with zero attached hydrogens (tertiary/aromatic N) is 2. The van der Waals surface area contributed by atoms with Crippen molar-refractivity contribution < 1.29 is 9.15 Å². The number of aromatic nitrogens is 1. The number of hydrogen-bond donors (Lipinski definition) is 2. The summed E-state index contributed by atoms with van der Waals surface area (Å²) in [5.41, 5.74) is 0.814. The van der Waals surface area contributed by atoms with Crippen LogP contribution in [-0.2, 0) is 11.3 Å². The van der Waals surface area contributed by atoms with Crippen LogP contribution in [0.15, 0.2) is 33.2 Å². The SMILES string of the molecule is CCNC(=NCc1coc(-c2cccs2)n1)NCCOCCC(C)C.I. The zero-order valence-corrected chi connectivity index (χ0v) is 18.8. The predicted molar refractivity (Wildman–Crippen MR) is 118 cm³/mol. The number of oxazole rings is 1. The molecule has 0 amide bonds.